The van der Waals surface area contributed by atoms with E-state index in [2.05, 4.69) is 22.6 Å². The van der Waals surface area contributed by atoms with E-state index < -0.39 is 0 Å². The van der Waals surface area contributed by atoms with E-state index in [9.17, 15) is 4.39 Å². The van der Waals surface area contributed by atoms with Gasteiger partial charge < -0.3 is 10.5 Å². The molecule has 1 unspecified atom stereocenters. The smallest absolute Gasteiger partial charge is 0.124 e. The molecule has 2 nitrogen and oxygen atoms in total. The third-order valence-corrected chi connectivity index (χ3v) is 2.80. The Morgan fingerprint density at radius 1 is 1.57 bits per heavy atom. The number of rotatable bonds is 4. The van der Waals surface area contributed by atoms with Crippen LogP contribution in [0.1, 0.15) is 18.5 Å². The summed E-state index contributed by atoms with van der Waals surface area (Å²) < 4.78 is 18.8. The van der Waals surface area contributed by atoms with E-state index in [4.69, 9.17) is 10.5 Å². The Labute approximate surface area is 96.8 Å². The molecule has 2 N–H and O–H groups in total. The summed E-state index contributed by atoms with van der Waals surface area (Å²) in [6.45, 7) is 3.03. The molecule has 4 heteroatoms. The van der Waals surface area contributed by atoms with Crippen LogP contribution in [0.3, 0.4) is 0 Å². The van der Waals surface area contributed by atoms with Crippen molar-refractivity contribution in [2.24, 2.45) is 5.73 Å². The normalized spacial score (nSPS) is 12.9. The average Bonchev–Trinajstić information content (AvgIpc) is 2.14. The van der Waals surface area contributed by atoms with Crippen molar-refractivity contribution in [3.05, 3.63) is 33.1 Å². The minimum Gasteiger partial charge on any atom is -0.380 e. The SMILES string of the molecule is CCOCC(N)c1ccc(F)cc1I. The van der Waals surface area contributed by atoms with Gasteiger partial charge in [-0.3, -0.25) is 0 Å². The summed E-state index contributed by atoms with van der Waals surface area (Å²) in [6, 6.07) is 4.42. The molecule has 0 saturated carbocycles. The monoisotopic (exact) mass is 309 g/mol. The predicted octanol–water partition coefficient (Wildman–Crippen LogP) is 2.47. The molecule has 0 aliphatic carbocycles. The van der Waals surface area contributed by atoms with E-state index in [1.54, 1.807) is 6.07 Å². The van der Waals surface area contributed by atoms with Gasteiger partial charge in [0.05, 0.1) is 12.6 Å². The fraction of sp³-hybridized carbons (Fsp3) is 0.400. The Kier molecular flexibility index (Phi) is 4.77. The van der Waals surface area contributed by atoms with Crippen molar-refractivity contribution in [2.75, 3.05) is 13.2 Å². The van der Waals surface area contributed by atoms with Crippen LogP contribution in [0.25, 0.3) is 0 Å². The molecule has 0 spiro atoms. The van der Waals surface area contributed by atoms with E-state index in [1.807, 2.05) is 6.92 Å². The summed E-state index contributed by atoms with van der Waals surface area (Å²) in [5.74, 6) is -0.234. The summed E-state index contributed by atoms with van der Waals surface area (Å²) in [6.07, 6.45) is 0. The first kappa shape index (κ1) is 11.9. The van der Waals surface area contributed by atoms with Crippen molar-refractivity contribution in [1.82, 2.24) is 0 Å². The van der Waals surface area contributed by atoms with Crippen LogP contribution in [0, 0.1) is 9.39 Å². The number of nitrogens with two attached hydrogens (primary N) is 1. The molecule has 0 aliphatic rings. The zero-order valence-electron chi connectivity index (χ0n) is 7.97. The van der Waals surface area contributed by atoms with E-state index in [1.165, 1.54) is 12.1 Å². The highest BCUT2D eigenvalue weighted by molar-refractivity contribution is 14.1. The minimum absolute atomic E-state index is 0.178. The van der Waals surface area contributed by atoms with E-state index in [0.29, 0.717) is 13.2 Å². The maximum atomic E-state index is 12.8. The van der Waals surface area contributed by atoms with Gasteiger partial charge in [0, 0.05) is 10.2 Å². The molecule has 1 aromatic rings. The Morgan fingerprint density at radius 2 is 2.29 bits per heavy atom. The summed E-state index contributed by atoms with van der Waals surface area (Å²) in [5, 5.41) is 0. The lowest BCUT2D eigenvalue weighted by atomic mass is 10.1. The lowest BCUT2D eigenvalue weighted by Crippen LogP contribution is -2.18. The largest absolute Gasteiger partial charge is 0.380 e. The second-order valence-corrected chi connectivity index (χ2v) is 4.09. The lowest BCUT2D eigenvalue weighted by molar-refractivity contribution is 0.133. The van der Waals surface area contributed by atoms with Crippen molar-refractivity contribution in [3.63, 3.8) is 0 Å². The van der Waals surface area contributed by atoms with Gasteiger partial charge in [-0.2, -0.15) is 0 Å². The van der Waals surface area contributed by atoms with Crippen molar-refractivity contribution in [3.8, 4) is 0 Å². The standard InChI is InChI=1S/C10H13FINO/c1-2-14-6-10(13)8-4-3-7(11)5-9(8)12/h3-5,10H,2,6,13H2,1H3. The highest BCUT2D eigenvalue weighted by Gasteiger charge is 2.10. The number of hydrogen-bond donors (Lipinski definition) is 1. The molecule has 1 atom stereocenters. The van der Waals surface area contributed by atoms with Crippen LogP contribution < -0.4 is 5.73 Å². The lowest BCUT2D eigenvalue weighted by Gasteiger charge is -2.13. The second kappa shape index (κ2) is 5.63. The first-order chi connectivity index (χ1) is 6.65. The molecule has 0 saturated heterocycles. The molecule has 0 aliphatic heterocycles. The van der Waals surface area contributed by atoms with Crippen molar-refractivity contribution >= 4 is 22.6 Å². The van der Waals surface area contributed by atoms with Gasteiger partial charge in [0.25, 0.3) is 0 Å². The highest BCUT2D eigenvalue weighted by Crippen LogP contribution is 2.19. The van der Waals surface area contributed by atoms with Crippen LogP contribution in [0.4, 0.5) is 4.39 Å². The van der Waals surface area contributed by atoms with Crippen molar-refractivity contribution in [2.45, 2.75) is 13.0 Å². The molecule has 0 heterocycles. The first-order valence-electron chi connectivity index (χ1n) is 4.43. The van der Waals surface area contributed by atoms with Crippen molar-refractivity contribution < 1.29 is 9.13 Å². The van der Waals surface area contributed by atoms with Crippen LogP contribution in [-0.4, -0.2) is 13.2 Å². The van der Waals surface area contributed by atoms with Crippen LogP contribution in [0.15, 0.2) is 18.2 Å². The molecular formula is C10H13FINO. The zero-order valence-corrected chi connectivity index (χ0v) is 10.1. The summed E-state index contributed by atoms with van der Waals surface area (Å²) in [5.41, 5.74) is 6.81. The number of hydrogen-bond acceptors (Lipinski definition) is 2. The van der Waals surface area contributed by atoms with Gasteiger partial charge in [0.1, 0.15) is 5.82 Å². The van der Waals surface area contributed by atoms with Crippen LogP contribution >= 0.6 is 22.6 Å². The molecular weight excluding hydrogens is 296 g/mol. The molecule has 14 heavy (non-hydrogen) atoms. The molecule has 78 valence electrons. The fourth-order valence-corrected chi connectivity index (χ4v) is 2.01. The number of halogens is 2. The Morgan fingerprint density at radius 3 is 2.86 bits per heavy atom. The Balaban J connectivity index is 2.74. The molecule has 0 radical (unpaired) electrons. The Bertz CT molecular complexity index is 306. The van der Waals surface area contributed by atoms with Crippen molar-refractivity contribution in [1.29, 1.82) is 0 Å². The Hall–Kier alpha value is -0.200. The van der Waals surface area contributed by atoms with Gasteiger partial charge in [-0.1, -0.05) is 6.07 Å². The molecule has 0 aromatic heterocycles. The van der Waals surface area contributed by atoms with Crippen LogP contribution in [0.5, 0.6) is 0 Å². The van der Waals surface area contributed by atoms with E-state index in [-0.39, 0.29) is 11.9 Å². The summed E-state index contributed by atoms with van der Waals surface area (Å²) >= 11 is 2.08. The first-order valence-corrected chi connectivity index (χ1v) is 5.51. The average molecular weight is 309 g/mol. The maximum Gasteiger partial charge on any atom is 0.124 e. The van der Waals surface area contributed by atoms with Gasteiger partial charge in [0.2, 0.25) is 0 Å². The zero-order chi connectivity index (χ0) is 10.6. The second-order valence-electron chi connectivity index (χ2n) is 2.93. The third kappa shape index (κ3) is 3.18. The van der Waals surface area contributed by atoms with Gasteiger partial charge in [0.15, 0.2) is 0 Å². The maximum absolute atomic E-state index is 12.8. The van der Waals surface area contributed by atoms with Crippen LogP contribution in [-0.2, 0) is 4.74 Å². The number of ether oxygens (including phenoxy) is 1. The van der Waals surface area contributed by atoms with Gasteiger partial charge >= 0.3 is 0 Å². The fourth-order valence-electron chi connectivity index (χ4n) is 1.14. The minimum atomic E-state index is -0.234. The molecule has 1 rings (SSSR count). The summed E-state index contributed by atoms with van der Waals surface area (Å²) in [4.78, 5) is 0. The highest BCUT2D eigenvalue weighted by atomic mass is 127. The van der Waals surface area contributed by atoms with Gasteiger partial charge in [-0.25, -0.2) is 4.39 Å². The van der Waals surface area contributed by atoms with Gasteiger partial charge in [-0.05, 0) is 47.2 Å². The molecule has 0 bridgehead atoms. The van der Waals surface area contributed by atoms with Crippen LogP contribution in [0.2, 0.25) is 0 Å². The molecule has 0 amide bonds. The quantitative estimate of drug-likeness (QED) is 0.867. The van der Waals surface area contributed by atoms with E-state index in [0.717, 1.165) is 9.13 Å². The predicted molar refractivity (Wildman–Crippen MR) is 62.5 cm³/mol. The van der Waals surface area contributed by atoms with Gasteiger partial charge in [-0.15, -0.1) is 0 Å². The topological polar surface area (TPSA) is 35.2 Å². The number of benzene rings is 1. The molecule has 1 aromatic carbocycles. The summed E-state index contributed by atoms with van der Waals surface area (Å²) in [7, 11) is 0. The third-order valence-electron chi connectivity index (χ3n) is 1.86. The molecule has 0 fully saturated rings. The van der Waals surface area contributed by atoms with E-state index >= 15 is 0 Å².